The van der Waals surface area contributed by atoms with Crippen LogP contribution < -0.4 is 5.56 Å². The molecule has 2 aromatic rings. The lowest BCUT2D eigenvalue weighted by Gasteiger charge is -2.19. The third-order valence-electron chi connectivity index (χ3n) is 2.56. The van der Waals surface area contributed by atoms with Gasteiger partial charge in [0, 0.05) is 16.1 Å². The smallest absolute Gasteiger partial charge is 0.264 e. The molecule has 2 aromatic heterocycles. The maximum atomic E-state index is 12.0. The Kier molecular flexibility index (Phi) is 4.10. The van der Waals surface area contributed by atoms with E-state index in [1.54, 1.807) is 6.20 Å². The van der Waals surface area contributed by atoms with Crippen LogP contribution in [0.3, 0.4) is 0 Å². The summed E-state index contributed by atoms with van der Waals surface area (Å²) in [6.07, 6.45) is 1.68. The maximum absolute atomic E-state index is 12.0. The summed E-state index contributed by atoms with van der Waals surface area (Å²) in [5.74, 6) is 0.489. The minimum Gasteiger partial charge on any atom is -0.304 e. The molecular formula is C13H13BrIN3O. The number of hydrogen-bond acceptors (Lipinski definition) is 3. The van der Waals surface area contributed by atoms with Crippen molar-refractivity contribution in [2.75, 3.05) is 0 Å². The highest BCUT2D eigenvalue weighted by Gasteiger charge is 2.23. The molecule has 0 fully saturated rings. The van der Waals surface area contributed by atoms with Crippen LogP contribution >= 0.6 is 38.5 Å². The van der Waals surface area contributed by atoms with Gasteiger partial charge in [-0.1, -0.05) is 20.8 Å². The van der Waals surface area contributed by atoms with Crippen LogP contribution in [0.25, 0.3) is 11.5 Å². The first-order chi connectivity index (χ1) is 8.80. The van der Waals surface area contributed by atoms with Gasteiger partial charge in [0.05, 0.1) is 5.69 Å². The molecule has 0 radical (unpaired) electrons. The van der Waals surface area contributed by atoms with Gasteiger partial charge in [-0.15, -0.1) is 0 Å². The van der Waals surface area contributed by atoms with Crippen molar-refractivity contribution in [3.63, 3.8) is 0 Å². The van der Waals surface area contributed by atoms with E-state index in [0.29, 0.717) is 15.1 Å². The predicted molar refractivity (Wildman–Crippen MR) is 87.2 cm³/mol. The molecule has 1 N–H and O–H groups in total. The summed E-state index contributed by atoms with van der Waals surface area (Å²) in [6, 6.07) is 3.69. The highest BCUT2D eigenvalue weighted by molar-refractivity contribution is 14.1. The zero-order valence-electron chi connectivity index (χ0n) is 10.8. The lowest BCUT2D eigenvalue weighted by atomic mass is 9.92. The summed E-state index contributed by atoms with van der Waals surface area (Å²) in [5, 5.41) is 0. The third kappa shape index (κ3) is 3.05. The molecule has 0 amide bonds. The second-order valence-corrected chi connectivity index (χ2v) is 7.09. The second kappa shape index (κ2) is 5.32. The van der Waals surface area contributed by atoms with Gasteiger partial charge in [-0.05, 0) is 50.7 Å². The number of nitrogens with one attached hydrogen (secondary N) is 1. The summed E-state index contributed by atoms with van der Waals surface area (Å²) in [6.45, 7) is 6.11. The molecule has 0 bridgehead atoms. The highest BCUT2D eigenvalue weighted by Crippen LogP contribution is 2.27. The SMILES string of the molecule is CC(C)(C)c1nc(-c2ncccc2Br)[nH]c(=O)c1I. The van der Waals surface area contributed by atoms with E-state index in [0.717, 1.165) is 10.2 Å². The largest absolute Gasteiger partial charge is 0.304 e. The van der Waals surface area contributed by atoms with Crippen molar-refractivity contribution in [2.24, 2.45) is 0 Å². The van der Waals surface area contributed by atoms with Gasteiger partial charge >= 0.3 is 0 Å². The molecule has 19 heavy (non-hydrogen) atoms. The molecule has 2 heterocycles. The van der Waals surface area contributed by atoms with Crippen LogP contribution in [0.4, 0.5) is 0 Å². The van der Waals surface area contributed by atoms with Gasteiger partial charge in [-0.3, -0.25) is 9.78 Å². The van der Waals surface area contributed by atoms with Gasteiger partial charge in [0.15, 0.2) is 5.82 Å². The molecule has 0 unspecified atom stereocenters. The second-order valence-electron chi connectivity index (χ2n) is 5.16. The number of nitrogens with zero attached hydrogens (tertiary/aromatic N) is 2. The fourth-order valence-electron chi connectivity index (χ4n) is 1.63. The molecule has 0 aliphatic carbocycles. The van der Waals surface area contributed by atoms with Gasteiger partial charge in [0.2, 0.25) is 0 Å². The first kappa shape index (κ1) is 14.6. The average molecular weight is 434 g/mol. The lowest BCUT2D eigenvalue weighted by Crippen LogP contribution is -2.24. The topological polar surface area (TPSA) is 58.6 Å². The number of rotatable bonds is 1. The first-order valence-corrected chi connectivity index (χ1v) is 7.59. The third-order valence-corrected chi connectivity index (χ3v) is 4.20. The number of aromatic amines is 1. The molecule has 0 saturated carbocycles. The monoisotopic (exact) mass is 433 g/mol. The van der Waals surface area contributed by atoms with Crippen molar-refractivity contribution in [1.82, 2.24) is 15.0 Å². The Balaban J connectivity index is 2.71. The molecule has 0 saturated heterocycles. The van der Waals surface area contributed by atoms with Crippen LogP contribution in [0.2, 0.25) is 0 Å². The highest BCUT2D eigenvalue weighted by atomic mass is 127. The fraction of sp³-hybridized carbons (Fsp3) is 0.308. The molecule has 4 nitrogen and oxygen atoms in total. The zero-order chi connectivity index (χ0) is 14.2. The molecule has 0 aliphatic rings. The van der Waals surface area contributed by atoms with Crippen LogP contribution in [-0.2, 0) is 5.41 Å². The van der Waals surface area contributed by atoms with Crippen molar-refractivity contribution >= 4 is 38.5 Å². The van der Waals surface area contributed by atoms with Crippen molar-refractivity contribution in [2.45, 2.75) is 26.2 Å². The Bertz CT molecular complexity index is 676. The van der Waals surface area contributed by atoms with Crippen molar-refractivity contribution in [3.05, 3.63) is 42.4 Å². The Morgan fingerprint density at radius 3 is 2.63 bits per heavy atom. The van der Waals surface area contributed by atoms with E-state index in [2.05, 4.69) is 30.9 Å². The molecule has 0 atom stereocenters. The minimum atomic E-state index is -0.194. The van der Waals surface area contributed by atoms with Crippen molar-refractivity contribution in [3.8, 4) is 11.5 Å². The lowest BCUT2D eigenvalue weighted by molar-refractivity contribution is 0.562. The fourth-order valence-corrected chi connectivity index (χ4v) is 3.14. The summed E-state index contributed by atoms with van der Waals surface area (Å²) in [7, 11) is 0. The molecule has 6 heteroatoms. The summed E-state index contributed by atoms with van der Waals surface area (Å²) < 4.78 is 1.43. The maximum Gasteiger partial charge on any atom is 0.264 e. The minimum absolute atomic E-state index is 0.131. The van der Waals surface area contributed by atoms with Gasteiger partial charge < -0.3 is 4.98 Å². The Hall–Kier alpha value is -0.760. The van der Waals surface area contributed by atoms with Crippen LogP contribution in [0.5, 0.6) is 0 Å². The van der Waals surface area contributed by atoms with Gasteiger partial charge in [-0.2, -0.15) is 0 Å². The van der Waals surface area contributed by atoms with E-state index in [1.165, 1.54) is 0 Å². The summed E-state index contributed by atoms with van der Waals surface area (Å²) in [4.78, 5) is 23.7. The van der Waals surface area contributed by atoms with Crippen LogP contribution in [0.1, 0.15) is 26.5 Å². The van der Waals surface area contributed by atoms with Crippen molar-refractivity contribution in [1.29, 1.82) is 0 Å². The number of pyridine rings is 1. The molecule has 0 spiro atoms. The Morgan fingerprint density at radius 1 is 1.37 bits per heavy atom. The predicted octanol–water partition coefficient (Wildman–Crippen LogP) is 3.50. The van der Waals surface area contributed by atoms with Gasteiger partial charge in [0.1, 0.15) is 9.26 Å². The molecule has 0 aliphatic heterocycles. The van der Waals surface area contributed by atoms with E-state index in [9.17, 15) is 4.79 Å². The number of halogens is 2. The normalized spacial score (nSPS) is 11.6. The van der Waals surface area contributed by atoms with E-state index in [-0.39, 0.29) is 11.0 Å². The number of H-pyrrole nitrogens is 1. The quantitative estimate of drug-likeness (QED) is 0.700. The van der Waals surface area contributed by atoms with Gasteiger partial charge in [0.25, 0.3) is 5.56 Å². The number of hydrogen-bond donors (Lipinski definition) is 1. The zero-order valence-corrected chi connectivity index (χ0v) is 14.5. The molecule has 2 rings (SSSR count). The van der Waals surface area contributed by atoms with Crippen LogP contribution in [0.15, 0.2) is 27.6 Å². The average Bonchev–Trinajstić information content (AvgIpc) is 2.31. The summed E-state index contributed by atoms with van der Waals surface area (Å²) >= 11 is 5.46. The van der Waals surface area contributed by atoms with Gasteiger partial charge in [-0.25, -0.2) is 4.98 Å². The summed E-state index contributed by atoms with van der Waals surface area (Å²) in [5.41, 5.74) is 1.10. The van der Waals surface area contributed by atoms with Crippen molar-refractivity contribution < 1.29 is 0 Å². The van der Waals surface area contributed by atoms with Crippen LogP contribution in [0, 0.1) is 3.57 Å². The molecular weight excluding hydrogens is 421 g/mol. The molecule has 100 valence electrons. The molecule has 0 aromatic carbocycles. The first-order valence-electron chi connectivity index (χ1n) is 5.72. The van der Waals surface area contributed by atoms with E-state index >= 15 is 0 Å². The standard InChI is InChI=1S/C13H13BrIN3O/c1-13(2,3)10-8(15)12(19)18-11(17-10)9-7(14)5-4-6-16-9/h4-6H,1-3H3,(H,17,18,19). The van der Waals surface area contributed by atoms with E-state index < -0.39 is 0 Å². The van der Waals surface area contributed by atoms with Crippen LogP contribution in [-0.4, -0.2) is 15.0 Å². The van der Waals surface area contributed by atoms with E-state index in [4.69, 9.17) is 0 Å². The van der Waals surface area contributed by atoms with E-state index in [1.807, 2.05) is 55.5 Å². The number of aromatic nitrogens is 3. The Labute approximate surface area is 133 Å². The Morgan fingerprint density at radius 2 is 2.05 bits per heavy atom.